The Morgan fingerprint density at radius 3 is 2.80 bits per heavy atom. The molecule has 0 atom stereocenters. The van der Waals surface area contributed by atoms with Crippen LogP contribution in [0.25, 0.3) is 11.4 Å². The summed E-state index contributed by atoms with van der Waals surface area (Å²) in [7, 11) is 0. The van der Waals surface area contributed by atoms with Crippen molar-refractivity contribution in [1.82, 2.24) is 25.2 Å². The zero-order valence-corrected chi connectivity index (χ0v) is 18.9. The van der Waals surface area contributed by atoms with Crippen molar-refractivity contribution in [3.63, 3.8) is 0 Å². The SMILES string of the molecule is C=C(C)CCn1c(SCC(=O)NN=Cc2cccnc2)nnc1-c1ccc(Br)cc1. The number of amides is 1. The van der Waals surface area contributed by atoms with E-state index in [9.17, 15) is 4.79 Å². The third-order valence-electron chi connectivity index (χ3n) is 4.00. The predicted octanol–water partition coefficient (Wildman–Crippen LogP) is 4.31. The Balaban J connectivity index is 1.67. The van der Waals surface area contributed by atoms with Crippen LogP contribution in [0.15, 0.2) is 75.7 Å². The molecule has 0 unspecified atom stereocenters. The highest BCUT2D eigenvalue weighted by molar-refractivity contribution is 9.10. The van der Waals surface area contributed by atoms with Gasteiger partial charge in [0, 0.05) is 34.5 Å². The van der Waals surface area contributed by atoms with Crippen LogP contribution in [0.2, 0.25) is 0 Å². The minimum atomic E-state index is -0.222. The van der Waals surface area contributed by atoms with Gasteiger partial charge in [0.25, 0.3) is 5.91 Å². The van der Waals surface area contributed by atoms with E-state index < -0.39 is 0 Å². The van der Waals surface area contributed by atoms with Crippen LogP contribution in [0.4, 0.5) is 0 Å². The molecule has 2 aromatic heterocycles. The van der Waals surface area contributed by atoms with Gasteiger partial charge in [-0.25, -0.2) is 5.43 Å². The van der Waals surface area contributed by atoms with Crippen LogP contribution >= 0.6 is 27.7 Å². The lowest BCUT2D eigenvalue weighted by Crippen LogP contribution is -2.20. The Morgan fingerprint density at radius 1 is 1.30 bits per heavy atom. The molecule has 9 heteroatoms. The Kier molecular flexibility index (Phi) is 7.92. The third kappa shape index (κ3) is 6.36. The maximum atomic E-state index is 12.2. The molecule has 0 saturated carbocycles. The normalized spacial score (nSPS) is 11.0. The Bertz CT molecular complexity index is 1030. The van der Waals surface area contributed by atoms with Crippen molar-refractivity contribution in [3.8, 4) is 11.4 Å². The van der Waals surface area contributed by atoms with Crippen LogP contribution in [-0.2, 0) is 11.3 Å². The van der Waals surface area contributed by atoms with Crippen LogP contribution in [0.1, 0.15) is 18.9 Å². The number of carbonyl (C=O) groups excluding carboxylic acids is 1. The highest BCUT2D eigenvalue weighted by Gasteiger charge is 2.15. The van der Waals surface area contributed by atoms with E-state index in [0.717, 1.165) is 33.4 Å². The van der Waals surface area contributed by atoms with Gasteiger partial charge in [0.1, 0.15) is 0 Å². The van der Waals surface area contributed by atoms with Gasteiger partial charge in [-0.15, -0.1) is 16.8 Å². The van der Waals surface area contributed by atoms with Gasteiger partial charge in [-0.3, -0.25) is 9.78 Å². The molecule has 2 heterocycles. The lowest BCUT2D eigenvalue weighted by Gasteiger charge is -2.10. The number of nitrogens with zero attached hydrogens (tertiary/aromatic N) is 5. The van der Waals surface area contributed by atoms with Crippen molar-refractivity contribution in [3.05, 3.63) is 71.0 Å². The number of rotatable bonds is 9. The van der Waals surface area contributed by atoms with E-state index in [4.69, 9.17) is 0 Å². The van der Waals surface area contributed by atoms with E-state index in [-0.39, 0.29) is 11.7 Å². The summed E-state index contributed by atoms with van der Waals surface area (Å²) in [6.07, 6.45) is 5.70. The summed E-state index contributed by atoms with van der Waals surface area (Å²) in [6.45, 7) is 6.66. The lowest BCUT2D eigenvalue weighted by molar-refractivity contribution is -0.118. The fourth-order valence-corrected chi connectivity index (χ4v) is 3.53. The van der Waals surface area contributed by atoms with Crippen LogP contribution in [0, 0.1) is 0 Å². The summed E-state index contributed by atoms with van der Waals surface area (Å²) in [5, 5.41) is 13.3. The number of thioether (sulfide) groups is 1. The summed E-state index contributed by atoms with van der Waals surface area (Å²) < 4.78 is 3.02. The first-order valence-corrected chi connectivity index (χ1v) is 11.0. The average molecular weight is 485 g/mol. The average Bonchev–Trinajstić information content (AvgIpc) is 3.15. The Hall–Kier alpha value is -2.78. The van der Waals surface area contributed by atoms with E-state index in [2.05, 4.69) is 48.2 Å². The number of allylic oxidation sites excluding steroid dienone is 1. The summed E-state index contributed by atoms with van der Waals surface area (Å²) in [6, 6.07) is 11.6. The van der Waals surface area contributed by atoms with E-state index >= 15 is 0 Å². The molecule has 1 aromatic carbocycles. The second kappa shape index (κ2) is 10.8. The molecule has 0 spiro atoms. The van der Waals surface area contributed by atoms with E-state index in [1.807, 2.05) is 41.8 Å². The quantitative estimate of drug-likeness (QED) is 0.211. The summed E-state index contributed by atoms with van der Waals surface area (Å²) in [4.78, 5) is 16.2. The molecule has 0 bridgehead atoms. The van der Waals surface area contributed by atoms with Crippen molar-refractivity contribution in [2.75, 3.05) is 5.75 Å². The number of hydrogen-bond acceptors (Lipinski definition) is 6. The minimum Gasteiger partial charge on any atom is -0.302 e. The highest BCUT2D eigenvalue weighted by atomic mass is 79.9. The van der Waals surface area contributed by atoms with E-state index in [1.54, 1.807) is 24.7 Å². The number of halogens is 1. The first-order chi connectivity index (χ1) is 14.5. The molecular formula is C21H21BrN6OS. The van der Waals surface area contributed by atoms with Gasteiger partial charge >= 0.3 is 0 Å². The smallest absolute Gasteiger partial charge is 0.250 e. The molecule has 0 fully saturated rings. The number of carbonyl (C=O) groups is 1. The monoisotopic (exact) mass is 484 g/mol. The van der Waals surface area contributed by atoms with Gasteiger partial charge in [0.05, 0.1) is 12.0 Å². The fraction of sp³-hybridized carbons (Fsp3) is 0.190. The number of nitrogens with one attached hydrogen (secondary N) is 1. The van der Waals surface area contributed by atoms with Crippen molar-refractivity contribution in [1.29, 1.82) is 0 Å². The summed E-state index contributed by atoms with van der Waals surface area (Å²) in [5.41, 5.74) is 5.37. The number of hydrogen-bond donors (Lipinski definition) is 1. The molecule has 1 N–H and O–H groups in total. The van der Waals surface area contributed by atoms with Gasteiger partial charge in [-0.2, -0.15) is 5.10 Å². The Morgan fingerprint density at radius 2 is 2.10 bits per heavy atom. The van der Waals surface area contributed by atoms with Gasteiger partial charge in [0.2, 0.25) is 0 Å². The van der Waals surface area contributed by atoms with Crippen LogP contribution in [0.5, 0.6) is 0 Å². The van der Waals surface area contributed by atoms with Gasteiger partial charge in [-0.1, -0.05) is 51.5 Å². The summed E-state index contributed by atoms with van der Waals surface area (Å²) >= 11 is 4.77. The van der Waals surface area contributed by atoms with Gasteiger partial charge in [-0.05, 0) is 31.5 Å². The zero-order valence-electron chi connectivity index (χ0n) is 16.5. The molecule has 3 rings (SSSR count). The minimum absolute atomic E-state index is 0.177. The molecule has 0 radical (unpaired) electrons. The molecule has 0 aliphatic carbocycles. The van der Waals surface area contributed by atoms with Crippen molar-refractivity contribution in [2.45, 2.75) is 25.0 Å². The van der Waals surface area contributed by atoms with Gasteiger partial charge in [0.15, 0.2) is 11.0 Å². The van der Waals surface area contributed by atoms with Crippen molar-refractivity contribution >= 4 is 39.8 Å². The molecular weight excluding hydrogens is 464 g/mol. The van der Waals surface area contributed by atoms with Crippen LogP contribution < -0.4 is 5.43 Å². The topological polar surface area (TPSA) is 85.1 Å². The first-order valence-electron chi connectivity index (χ1n) is 9.21. The van der Waals surface area contributed by atoms with Crippen molar-refractivity contribution < 1.29 is 4.79 Å². The number of benzene rings is 1. The molecule has 154 valence electrons. The van der Waals surface area contributed by atoms with Crippen LogP contribution in [0.3, 0.4) is 0 Å². The molecule has 7 nitrogen and oxygen atoms in total. The lowest BCUT2D eigenvalue weighted by atomic mass is 10.2. The fourth-order valence-electron chi connectivity index (χ4n) is 2.51. The maximum absolute atomic E-state index is 12.2. The maximum Gasteiger partial charge on any atom is 0.250 e. The molecule has 3 aromatic rings. The molecule has 0 saturated heterocycles. The largest absolute Gasteiger partial charge is 0.302 e. The first kappa shape index (κ1) is 21.9. The highest BCUT2D eigenvalue weighted by Crippen LogP contribution is 2.26. The Labute approximate surface area is 187 Å². The predicted molar refractivity (Wildman–Crippen MR) is 123 cm³/mol. The van der Waals surface area contributed by atoms with Crippen molar-refractivity contribution in [2.24, 2.45) is 5.10 Å². The van der Waals surface area contributed by atoms with Crippen LogP contribution in [-0.4, -0.2) is 37.6 Å². The van der Waals surface area contributed by atoms with Gasteiger partial charge < -0.3 is 4.57 Å². The second-order valence-corrected chi connectivity index (χ2v) is 8.40. The third-order valence-corrected chi connectivity index (χ3v) is 5.50. The second-order valence-electron chi connectivity index (χ2n) is 6.54. The number of aromatic nitrogens is 4. The summed E-state index contributed by atoms with van der Waals surface area (Å²) in [5.74, 6) is 0.719. The molecule has 0 aliphatic rings. The molecule has 1 amide bonds. The zero-order chi connectivity index (χ0) is 21.3. The van der Waals surface area contributed by atoms with E-state index in [1.165, 1.54) is 11.8 Å². The molecule has 30 heavy (non-hydrogen) atoms. The van der Waals surface area contributed by atoms with E-state index in [0.29, 0.717) is 11.7 Å². The standard InChI is InChI=1S/C21H21BrN6OS/c1-15(2)9-11-28-20(17-5-7-18(22)8-6-17)26-27-21(28)30-14-19(29)25-24-13-16-4-3-10-23-12-16/h3-8,10,12-13H,1,9,11,14H2,2H3,(H,25,29). The number of pyridine rings is 1. The molecule has 0 aliphatic heterocycles. The number of hydrazone groups is 1.